The van der Waals surface area contributed by atoms with Crippen LogP contribution in [0.15, 0.2) is 30.5 Å². The SMILES string of the molecule is Cc1cccc(CC(=O)N2CCc3nc([C@@H]4CCCN4)ncc3C2)c1. The molecule has 1 aromatic carbocycles. The molecule has 4 rings (SSSR count). The summed E-state index contributed by atoms with van der Waals surface area (Å²) >= 11 is 0. The van der Waals surface area contributed by atoms with Gasteiger partial charge in [0.05, 0.1) is 18.2 Å². The highest BCUT2D eigenvalue weighted by atomic mass is 16.2. The number of hydrogen-bond acceptors (Lipinski definition) is 4. The van der Waals surface area contributed by atoms with Crippen molar-refractivity contribution in [1.29, 1.82) is 0 Å². The number of aromatic nitrogens is 2. The summed E-state index contributed by atoms with van der Waals surface area (Å²) in [7, 11) is 0. The van der Waals surface area contributed by atoms with Crippen LogP contribution in [0.4, 0.5) is 0 Å². The summed E-state index contributed by atoms with van der Waals surface area (Å²) in [6.45, 7) is 4.47. The number of hydrogen-bond donors (Lipinski definition) is 1. The number of carbonyl (C=O) groups excluding carboxylic acids is 1. The number of nitrogens with zero attached hydrogens (tertiary/aromatic N) is 3. The van der Waals surface area contributed by atoms with Crippen LogP contribution < -0.4 is 5.32 Å². The van der Waals surface area contributed by atoms with E-state index in [4.69, 9.17) is 4.98 Å². The van der Waals surface area contributed by atoms with E-state index in [1.54, 1.807) is 0 Å². The second-order valence-corrected chi connectivity index (χ2v) is 7.08. The second kappa shape index (κ2) is 6.92. The minimum Gasteiger partial charge on any atom is -0.338 e. The van der Waals surface area contributed by atoms with Gasteiger partial charge in [0, 0.05) is 31.3 Å². The average Bonchev–Trinajstić information content (AvgIpc) is 3.15. The fourth-order valence-electron chi connectivity index (χ4n) is 3.73. The Bertz CT molecular complexity index is 783. The molecule has 0 unspecified atom stereocenters. The Hall–Kier alpha value is -2.27. The zero-order valence-corrected chi connectivity index (χ0v) is 14.7. The highest BCUT2D eigenvalue weighted by Crippen LogP contribution is 2.23. The van der Waals surface area contributed by atoms with Gasteiger partial charge in [0.25, 0.3) is 0 Å². The summed E-state index contributed by atoms with van der Waals surface area (Å²) < 4.78 is 0. The molecule has 1 amide bonds. The molecule has 0 saturated carbocycles. The van der Waals surface area contributed by atoms with Gasteiger partial charge >= 0.3 is 0 Å². The Balaban J connectivity index is 1.44. The van der Waals surface area contributed by atoms with E-state index < -0.39 is 0 Å². The quantitative estimate of drug-likeness (QED) is 0.935. The van der Waals surface area contributed by atoms with Gasteiger partial charge in [-0.15, -0.1) is 0 Å². The molecule has 2 aliphatic heterocycles. The van der Waals surface area contributed by atoms with Crippen LogP contribution in [-0.2, 0) is 24.2 Å². The van der Waals surface area contributed by atoms with E-state index in [1.807, 2.05) is 23.2 Å². The molecule has 1 atom stereocenters. The highest BCUT2D eigenvalue weighted by molar-refractivity contribution is 5.79. The number of fused-ring (bicyclic) bond motifs is 1. The van der Waals surface area contributed by atoms with Crippen molar-refractivity contribution >= 4 is 5.91 Å². The molecule has 1 N–H and O–H groups in total. The van der Waals surface area contributed by atoms with E-state index in [-0.39, 0.29) is 5.91 Å². The Morgan fingerprint density at radius 1 is 1.40 bits per heavy atom. The Morgan fingerprint density at radius 2 is 2.32 bits per heavy atom. The van der Waals surface area contributed by atoms with Crippen LogP contribution in [0.25, 0.3) is 0 Å². The first-order valence-corrected chi connectivity index (χ1v) is 9.10. The third-order valence-electron chi connectivity index (χ3n) is 5.12. The Labute approximate surface area is 148 Å². The summed E-state index contributed by atoms with van der Waals surface area (Å²) in [5.74, 6) is 1.09. The molecular weight excluding hydrogens is 312 g/mol. The summed E-state index contributed by atoms with van der Waals surface area (Å²) in [5.41, 5.74) is 4.47. The average molecular weight is 336 g/mol. The van der Waals surface area contributed by atoms with Gasteiger partial charge < -0.3 is 10.2 Å². The highest BCUT2D eigenvalue weighted by Gasteiger charge is 2.25. The zero-order chi connectivity index (χ0) is 17.2. The van der Waals surface area contributed by atoms with Crippen molar-refractivity contribution < 1.29 is 4.79 Å². The van der Waals surface area contributed by atoms with Gasteiger partial charge in [-0.1, -0.05) is 29.8 Å². The van der Waals surface area contributed by atoms with Crippen molar-refractivity contribution in [2.45, 2.75) is 45.2 Å². The minimum absolute atomic E-state index is 0.179. The van der Waals surface area contributed by atoms with Crippen molar-refractivity contribution in [3.63, 3.8) is 0 Å². The molecule has 0 aliphatic carbocycles. The van der Waals surface area contributed by atoms with Crippen LogP contribution in [-0.4, -0.2) is 33.9 Å². The number of aryl methyl sites for hydroxylation is 1. The first-order chi connectivity index (χ1) is 12.2. The van der Waals surface area contributed by atoms with E-state index >= 15 is 0 Å². The molecule has 2 aliphatic rings. The largest absolute Gasteiger partial charge is 0.338 e. The normalized spacial score (nSPS) is 19.7. The van der Waals surface area contributed by atoms with Crippen LogP contribution in [0, 0.1) is 6.92 Å². The third-order valence-corrected chi connectivity index (χ3v) is 5.12. The van der Waals surface area contributed by atoms with Gasteiger partial charge in [-0.2, -0.15) is 0 Å². The number of rotatable bonds is 3. The molecule has 130 valence electrons. The van der Waals surface area contributed by atoms with Crippen molar-refractivity contribution in [2.75, 3.05) is 13.1 Å². The van der Waals surface area contributed by atoms with E-state index in [2.05, 4.69) is 29.4 Å². The standard InChI is InChI=1S/C20H24N4O/c1-14-4-2-5-15(10-14)11-19(25)24-9-7-17-16(13-24)12-22-20(23-17)18-6-3-8-21-18/h2,4-5,10,12,18,21H,3,6-9,11,13H2,1H3/t18-/m0/s1. The summed E-state index contributed by atoms with van der Waals surface area (Å²) in [6, 6.07) is 8.47. The van der Waals surface area contributed by atoms with E-state index in [0.29, 0.717) is 19.0 Å². The first-order valence-electron chi connectivity index (χ1n) is 9.10. The fraction of sp³-hybridized carbons (Fsp3) is 0.450. The van der Waals surface area contributed by atoms with Crippen LogP contribution in [0.5, 0.6) is 0 Å². The predicted molar refractivity (Wildman–Crippen MR) is 96.0 cm³/mol. The van der Waals surface area contributed by atoms with Gasteiger partial charge in [0.15, 0.2) is 0 Å². The number of benzene rings is 1. The monoisotopic (exact) mass is 336 g/mol. The lowest BCUT2D eigenvalue weighted by Gasteiger charge is -2.28. The van der Waals surface area contributed by atoms with Crippen LogP contribution >= 0.6 is 0 Å². The van der Waals surface area contributed by atoms with Gasteiger partial charge in [-0.3, -0.25) is 4.79 Å². The lowest BCUT2D eigenvalue weighted by molar-refractivity contribution is -0.131. The molecule has 25 heavy (non-hydrogen) atoms. The molecule has 1 aromatic heterocycles. The predicted octanol–water partition coefficient (Wildman–Crippen LogP) is 2.34. The molecule has 0 bridgehead atoms. The van der Waals surface area contributed by atoms with E-state index in [9.17, 15) is 4.79 Å². The van der Waals surface area contributed by atoms with Gasteiger partial charge in [0.2, 0.25) is 5.91 Å². The van der Waals surface area contributed by atoms with Crippen molar-refractivity contribution in [3.8, 4) is 0 Å². The van der Waals surface area contributed by atoms with Crippen molar-refractivity contribution in [2.24, 2.45) is 0 Å². The molecule has 1 saturated heterocycles. The maximum absolute atomic E-state index is 12.6. The molecule has 3 heterocycles. The topological polar surface area (TPSA) is 58.1 Å². The number of amides is 1. The van der Waals surface area contributed by atoms with Gasteiger partial charge in [-0.05, 0) is 31.9 Å². The fourth-order valence-corrected chi connectivity index (χ4v) is 3.73. The second-order valence-electron chi connectivity index (χ2n) is 7.08. The summed E-state index contributed by atoms with van der Waals surface area (Å²) in [6.07, 6.45) is 5.50. The van der Waals surface area contributed by atoms with Crippen molar-refractivity contribution in [3.05, 3.63) is 58.7 Å². The van der Waals surface area contributed by atoms with Crippen LogP contribution in [0.2, 0.25) is 0 Å². The lowest BCUT2D eigenvalue weighted by atomic mass is 10.0. The Morgan fingerprint density at radius 3 is 3.12 bits per heavy atom. The molecule has 1 fully saturated rings. The summed E-state index contributed by atoms with van der Waals surface area (Å²) in [5, 5.41) is 3.45. The lowest BCUT2D eigenvalue weighted by Crippen LogP contribution is -2.37. The van der Waals surface area contributed by atoms with Gasteiger partial charge in [-0.25, -0.2) is 9.97 Å². The molecular formula is C20H24N4O. The maximum Gasteiger partial charge on any atom is 0.227 e. The first kappa shape index (κ1) is 16.2. The Kier molecular flexibility index (Phi) is 4.49. The van der Waals surface area contributed by atoms with Crippen LogP contribution in [0.3, 0.4) is 0 Å². The van der Waals surface area contributed by atoms with E-state index in [1.165, 1.54) is 12.0 Å². The number of nitrogens with one attached hydrogen (secondary N) is 1. The third kappa shape index (κ3) is 3.56. The maximum atomic E-state index is 12.6. The molecule has 0 radical (unpaired) electrons. The number of carbonyl (C=O) groups is 1. The molecule has 2 aromatic rings. The minimum atomic E-state index is 0.179. The summed E-state index contributed by atoms with van der Waals surface area (Å²) in [4.78, 5) is 23.9. The molecule has 5 nitrogen and oxygen atoms in total. The van der Waals surface area contributed by atoms with Gasteiger partial charge in [0.1, 0.15) is 5.82 Å². The molecule has 0 spiro atoms. The molecule has 5 heteroatoms. The zero-order valence-electron chi connectivity index (χ0n) is 14.7. The van der Waals surface area contributed by atoms with E-state index in [0.717, 1.165) is 48.6 Å². The smallest absolute Gasteiger partial charge is 0.227 e. The van der Waals surface area contributed by atoms with Crippen LogP contribution in [0.1, 0.15) is 47.1 Å². The van der Waals surface area contributed by atoms with Crippen molar-refractivity contribution in [1.82, 2.24) is 20.2 Å².